The molecule has 6 heteroatoms. The molecule has 12 rings (SSSR count). The quantitative estimate of drug-likeness (QED) is 0.133. The van der Waals surface area contributed by atoms with Gasteiger partial charge in [-0.05, 0) is 135 Å². The van der Waals surface area contributed by atoms with Crippen molar-refractivity contribution in [2.45, 2.75) is 69.1 Å². The van der Waals surface area contributed by atoms with Gasteiger partial charge in [0.2, 0.25) is 13.4 Å². The summed E-state index contributed by atoms with van der Waals surface area (Å²) in [6.45, 7) is 14.3. The number of anilines is 9. The smallest absolute Gasteiger partial charge is 0.249 e. The first-order chi connectivity index (χ1) is 33.7. The summed E-state index contributed by atoms with van der Waals surface area (Å²) in [5, 5.41) is 0. The Labute approximate surface area is 413 Å². The molecular formula is C63H55B2N3S. The molecule has 3 nitrogen and oxygen atoms in total. The Morgan fingerprint density at radius 2 is 0.841 bits per heavy atom. The van der Waals surface area contributed by atoms with E-state index in [4.69, 9.17) is 0 Å². The summed E-state index contributed by atoms with van der Waals surface area (Å²) in [4.78, 5) is 10.1. The summed E-state index contributed by atoms with van der Waals surface area (Å²) in [6.07, 6.45) is 0. The molecule has 3 aliphatic heterocycles. The maximum atomic E-state index is 2.65. The van der Waals surface area contributed by atoms with Gasteiger partial charge in [0, 0.05) is 61.0 Å². The maximum absolute atomic E-state index is 2.65. The van der Waals surface area contributed by atoms with Crippen LogP contribution in [-0.4, -0.2) is 13.4 Å². The van der Waals surface area contributed by atoms with Crippen molar-refractivity contribution in [2.75, 3.05) is 14.7 Å². The lowest BCUT2D eigenvalue weighted by Crippen LogP contribution is -2.64. The minimum absolute atomic E-state index is 0.00381. The highest BCUT2D eigenvalue weighted by Crippen LogP contribution is 2.48. The second kappa shape index (κ2) is 17.4. The van der Waals surface area contributed by atoms with Crippen molar-refractivity contribution in [1.29, 1.82) is 0 Å². The summed E-state index contributed by atoms with van der Waals surface area (Å²) in [7, 11) is 0. The molecule has 0 N–H and O–H groups in total. The van der Waals surface area contributed by atoms with Gasteiger partial charge in [-0.2, -0.15) is 0 Å². The van der Waals surface area contributed by atoms with Crippen LogP contribution in [0.3, 0.4) is 0 Å². The van der Waals surface area contributed by atoms with Crippen LogP contribution in [0, 0.1) is 0 Å². The molecule has 334 valence electrons. The molecule has 0 radical (unpaired) electrons. The molecule has 3 aliphatic rings. The van der Waals surface area contributed by atoms with Crippen molar-refractivity contribution in [3.8, 4) is 0 Å². The van der Waals surface area contributed by atoms with Crippen LogP contribution in [-0.2, 0) is 0 Å². The second-order valence-corrected chi connectivity index (χ2v) is 20.9. The lowest BCUT2D eigenvalue weighted by Gasteiger charge is -2.44. The van der Waals surface area contributed by atoms with Crippen molar-refractivity contribution in [3.63, 3.8) is 0 Å². The van der Waals surface area contributed by atoms with Crippen molar-refractivity contribution >= 4 is 109 Å². The Morgan fingerprint density at radius 1 is 0.362 bits per heavy atom. The van der Waals surface area contributed by atoms with E-state index in [9.17, 15) is 0 Å². The molecule has 9 aromatic carbocycles. The summed E-state index contributed by atoms with van der Waals surface area (Å²) < 4.78 is 0. The normalized spacial score (nSPS) is 13.3. The molecular weight excluding hydrogens is 852 g/mol. The fourth-order valence-electron chi connectivity index (χ4n) is 11.5. The third-order valence-electron chi connectivity index (χ3n) is 14.6. The Morgan fingerprint density at radius 3 is 1.39 bits per heavy atom. The number of para-hydroxylation sites is 5. The van der Waals surface area contributed by atoms with Gasteiger partial charge >= 0.3 is 0 Å². The van der Waals surface area contributed by atoms with Crippen LogP contribution >= 0.6 is 11.8 Å². The van der Waals surface area contributed by atoms with Gasteiger partial charge in [0.05, 0.1) is 0 Å². The van der Waals surface area contributed by atoms with Crippen LogP contribution in [0.15, 0.2) is 216 Å². The molecule has 0 saturated heterocycles. The molecule has 0 aliphatic carbocycles. The lowest BCUT2D eigenvalue weighted by atomic mass is 9.30. The van der Waals surface area contributed by atoms with E-state index in [0.29, 0.717) is 17.8 Å². The molecule has 0 amide bonds. The summed E-state index contributed by atoms with van der Waals surface area (Å²) in [5.41, 5.74) is 23.1. The first-order valence-corrected chi connectivity index (χ1v) is 25.6. The molecule has 3 heterocycles. The second-order valence-electron chi connectivity index (χ2n) is 19.8. The van der Waals surface area contributed by atoms with E-state index in [1.54, 1.807) is 0 Å². The third-order valence-corrected chi connectivity index (χ3v) is 15.8. The largest absolute Gasteiger partial charge is 0.311 e. The molecule has 0 bridgehead atoms. The van der Waals surface area contributed by atoms with E-state index in [0.717, 1.165) is 28.4 Å². The van der Waals surface area contributed by atoms with Crippen LogP contribution in [0.5, 0.6) is 0 Å². The maximum Gasteiger partial charge on any atom is 0.249 e. The molecule has 0 aromatic heterocycles. The van der Waals surface area contributed by atoms with E-state index in [-0.39, 0.29) is 13.4 Å². The highest BCUT2D eigenvalue weighted by molar-refractivity contribution is 8.00. The molecule has 0 spiro atoms. The first kappa shape index (κ1) is 43.2. The standard InChI is InChI=1S/C63H55B2N3S/c1-41(2)44-35-50(42(3)4)62(51(36-44)43(5)6)64-52-31-19-21-33-56(52)67(47-27-15-9-16-28-47)57-40-58-55(39-54(57)64)65-53-32-20-22-34-60(53)69-61-38-49(37-59(63(61)65)68(58)48-29-17-10-18-30-48)66(45-23-11-7-12-24-45)46-25-13-8-14-26-46/h7-43H,1-6H3. The lowest BCUT2D eigenvalue weighted by molar-refractivity contribution is 0.812. The van der Waals surface area contributed by atoms with Gasteiger partial charge < -0.3 is 14.7 Å². The zero-order valence-corrected chi connectivity index (χ0v) is 41.1. The molecule has 0 atom stereocenters. The van der Waals surface area contributed by atoms with Gasteiger partial charge in [0.25, 0.3) is 0 Å². The fraction of sp³-hybridized carbons (Fsp3) is 0.143. The van der Waals surface area contributed by atoms with Crippen molar-refractivity contribution in [2.24, 2.45) is 0 Å². The van der Waals surface area contributed by atoms with E-state index in [1.807, 2.05) is 11.8 Å². The van der Waals surface area contributed by atoms with E-state index < -0.39 is 0 Å². The van der Waals surface area contributed by atoms with Gasteiger partial charge in [-0.3, -0.25) is 0 Å². The predicted molar refractivity (Wildman–Crippen MR) is 299 cm³/mol. The highest BCUT2D eigenvalue weighted by Gasteiger charge is 2.45. The van der Waals surface area contributed by atoms with Crippen LogP contribution in [0.1, 0.15) is 76.0 Å². The Balaban J connectivity index is 1.20. The number of fused-ring (bicyclic) bond motifs is 6. The highest BCUT2D eigenvalue weighted by atomic mass is 32.2. The molecule has 0 unspecified atom stereocenters. The minimum Gasteiger partial charge on any atom is -0.311 e. The van der Waals surface area contributed by atoms with E-state index >= 15 is 0 Å². The van der Waals surface area contributed by atoms with Crippen molar-refractivity contribution in [3.05, 3.63) is 223 Å². The summed E-state index contributed by atoms with van der Waals surface area (Å²) >= 11 is 1.91. The molecule has 9 aromatic rings. The van der Waals surface area contributed by atoms with E-state index in [2.05, 4.69) is 262 Å². The zero-order valence-electron chi connectivity index (χ0n) is 40.3. The Kier molecular flexibility index (Phi) is 10.9. The van der Waals surface area contributed by atoms with Gasteiger partial charge in [0.15, 0.2) is 0 Å². The van der Waals surface area contributed by atoms with Crippen molar-refractivity contribution in [1.82, 2.24) is 0 Å². The number of hydrogen-bond donors (Lipinski definition) is 0. The van der Waals surface area contributed by atoms with E-state index in [1.165, 1.54) is 82.0 Å². The van der Waals surface area contributed by atoms with Crippen LogP contribution < -0.4 is 47.5 Å². The zero-order chi connectivity index (χ0) is 46.9. The Hall–Kier alpha value is -7.14. The minimum atomic E-state index is 0.00381. The average molecular weight is 908 g/mol. The first-order valence-electron chi connectivity index (χ1n) is 24.7. The molecule has 0 saturated carbocycles. The molecule has 0 fully saturated rings. The number of hydrogen-bond acceptors (Lipinski definition) is 4. The fourth-order valence-corrected chi connectivity index (χ4v) is 12.7. The summed E-state index contributed by atoms with van der Waals surface area (Å²) in [5.74, 6) is 1.10. The monoisotopic (exact) mass is 907 g/mol. The van der Waals surface area contributed by atoms with Crippen LogP contribution in [0.25, 0.3) is 0 Å². The number of nitrogens with zero attached hydrogens (tertiary/aromatic N) is 3. The SMILES string of the molecule is CC(C)c1cc(C(C)C)c(B2c3ccccc3N(c3ccccc3)c3cc4c(cc32)B2c3ccccc3Sc3cc(N(c5ccccc5)c5ccccc5)cc(c32)N4c2ccccc2)c(C(C)C)c1. The Bertz CT molecular complexity index is 3310. The van der Waals surface area contributed by atoms with Gasteiger partial charge in [0.1, 0.15) is 0 Å². The summed E-state index contributed by atoms with van der Waals surface area (Å²) in [6, 6.07) is 77.4. The predicted octanol–water partition coefficient (Wildman–Crippen LogP) is 13.6. The molecule has 69 heavy (non-hydrogen) atoms. The number of benzene rings is 9. The van der Waals surface area contributed by atoms with Crippen LogP contribution in [0.4, 0.5) is 51.2 Å². The average Bonchev–Trinajstić information content (AvgIpc) is 3.38. The van der Waals surface area contributed by atoms with Gasteiger partial charge in [-0.1, -0.05) is 192 Å². The number of rotatable bonds is 9. The van der Waals surface area contributed by atoms with Gasteiger partial charge in [-0.25, -0.2) is 0 Å². The van der Waals surface area contributed by atoms with Gasteiger partial charge in [-0.15, -0.1) is 0 Å². The van der Waals surface area contributed by atoms with Crippen LogP contribution in [0.2, 0.25) is 0 Å². The third kappa shape index (κ3) is 7.22. The van der Waals surface area contributed by atoms with Crippen molar-refractivity contribution < 1.29 is 0 Å². The topological polar surface area (TPSA) is 9.72 Å².